The third-order valence-corrected chi connectivity index (χ3v) is 3.33. The van der Waals surface area contributed by atoms with Gasteiger partial charge in [0.1, 0.15) is 0 Å². The standard InChI is InChI=1S/C15H16N2S/c1-12(2)18-15-11-7-6-10-14(15)17-16-13-8-4-3-5-9-13/h3-12H,1-2H3. The molecule has 0 fully saturated rings. The van der Waals surface area contributed by atoms with Crippen molar-refractivity contribution in [1.82, 2.24) is 0 Å². The first kappa shape index (κ1) is 12.8. The molecule has 2 rings (SSSR count). The van der Waals surface area contributed by atoms with E-state index in [2.05, 4.69) is 30.1 Å². The average Bonchev–Trinajstić information content (AvgIpc) is 2.38. The fraction of sp³-hybridized carbons (Fsp3) is 0.200. The maximum absolute atomic E-state index is 4.33. The van der Waals surface area contributed by atoms with Gasteiger partial charge >= 0.3 is 0 Å². The van der Waals surface area contributed by atoms with Crippen LogP contribution in [0.5, 0.6) is 0 Å². The summed E-state index contributed by atoms with van der Waals surface area (Å²) in [7, 11) is 0. The third-order valence-electron chi connectivity index (χ3n) is 2.26. The van der Waals surface area contributed by atoms with E-state index in [0.717, 1.165) is 11.4 Å². The van der Waals surface area contributed by atoms with E-state index in [4.69, 9.17) is 0 Å². The zero-order valence-corrected chi connectivity index (χ0v) is 11.4. The lowest BCUT2D eigenvalue weighted by Gasteiger charge is -2.06. The van der Waals surface area contributed by atoms with E-state index in [1.165, 1.54) is 4.90 Å². The summed E-state index contributed by atoms with van der Waals surface area (Å²) in [6.45, 7) is 4.35. The molecule has 0 radical (unpaired) electrons. The van der Waals surface area contributed by atoms with Crippen LogP contribution in [-0.4, -0.2) is 5.25 Å². The number of thioether (sulfide) groups is 1. The fourth-order valence-electron chi connectivity index (χ4n) is 1.50. The Bertz CT molecular complexity index is 521. The summed E-state index contributed by atoms with van der Waals surface area (Å²) in [6, 6.07) is 17.9. The van der Waals surface area contributed by atoms with Crippen LogP contribution in [0.3, 0.4) is 0 Å². The van der Waals surface area contributed by atoms with Crippen molar-refractivity contribution in [3.8, 4) is 0 Å². The summed E-state index contributed by atoms with van der Waals surface area (Å²) in [5.74, 6) is 0. The molecular formula is C15H16N2S. The molecule has 0 aliphatic rings. The van der Waals surface area contributed by atoms with E-state index in [1.807, 2.05) is 48.5 Å². The predicted molar refractivity (Wildman–Crippen MR) is 78.1 cm³/mol. The largest absolute Gasteiger partial charge is 0.151 e. The predicted octanol–water partition coefficient (Wildman–Crippen LogP) is 5.60. The molecule has 0 unspecified atom stereocenters. The highest BCUT2D eigenvalue weighted by molar-refractivity contribution is 8.00. The Morgan fingerprint density at radius 1 is 0.833 bits per heavy atom. The van der Waals surface area contributed by atoms with Crippen molar-refractivity contribution in [1.29, 1.82) is 0 Å². The molecule has 0 saturated heterocycles. The van der Waals surface area contributed by atoms with Crippen LogP contribution in [0.2, 0.25) is 0 Å². The van der Waals surface area contributed by atoms with Gasteiger partial charge in [-0.1, -0.05) is 44.2 Å². The summed E-state index contributed by atoms with van der Waals surface area (Å²) >= 11 is 1.81. The van der Waals surface area contributed by atoms with E-state index in [1.54, 1.807) is 11.8 Å². The molecule has 0 spiro atoms. The van der Waals surface area contributed by atoms with Gasteiger partial charge in [0, 0.05) is 10.1 Å². The minimum atomic E-state index is 0.540. The topological polar surface area (TPSA) is 24.7 Å². The second kappa shape index (κ2) is 6.36. The number of azo groups is 1. The Morgan fingerprint density at radius 3 is 2.22 bits per heavy atom. The molecular weight excluding hydrogens is 240 g/mol. The maximum Gasteiger partial charge on any atom is 0.0992 e. The third kappa shape index (κ3) is 3.70. The summed E-state index contributed by atoms with van der Waals surface area (Å²) in [5, 5.41) is 9.13. The van der Waals surface area contributed by atoms with Crippen molar-refractivity contribution in [2.75, 3.05) is 0 Å². The zero-order valence-electron chi connectivity index (χ0n) is 10.6. The summed E-state index contributed by atoms with van der Waals surface area (Å²) < 4.78 is 0. The number of hydrogen-bond donors (Lipinski definition) is 0. The van der Waals surface area contributed by atoms with Crippen LogP contribution in [0.15, 0.2) is 69.7 Å². The number of nitrogens with zero attached hydrogens (tertiary/aromatic N) is 2. The highest BCUT2D eigenvalue weighted by Crippen LogP contribution is 2.32. The van der Waals surface area contributed by atoms with Crippen LogP contribution in [-0.2, 0) is 0 Å². The first-order valence-electron chi connectivity index (χ1n) is 5.98. The van der Waals surface area contributed by atoms with Crippen molar-refractivity contribution >= 4 is 23.1 Å². The molecule has 18 heavy (non-hydrogen) atoms. The highest BCUT2D eigenvalue weighted by atomic mass is 32.2. The van der Waals surface area contributed by atoms with E-state index in [9.17, 15) is 0 Å². The molecule has 0 amide bonds. The Balaban J connectivity index is 2.21. The highest BCUT2D eigenvalue weighted by Gasteiger charge is 2.03. The summed E-state index contributed by atoms with van der Waals surface area (Å²) in [6.07, 6.45) is 0. The average molecular weight is 256 g/mol. The number of rotatable bonds is 4. The van der Waals surface area contributed by atoms with Crippen LogP contribution in [0, 0.1) is 0 Å². The Morgan fingerprint density at radius 2 is 1.50 bits per heavy atom. The van der Waals surface area contributed by atoms with Gasteiger partial charge in [-0.2, -0.15) is 5.11 Å². The quantitative estimate of drug-likeness (QED) is 0.516. The lowest BCUT2D eigenvalue weighted by molar-refractivity contribution is 1.10. The molecule has 2 aromatic carbocycles. The van der Waals surface area contributed by atoms with Gasteiger partial charge in [-0.25, -0.2) is 0 Å². The lowest BCUT2D eigenvalue weighted by Crippen LogP contribution is -1.85. The van der Waals surface area contributed by atoms with E-state index in [0.29, 0.717) is 5.25 Å². The van der Waals surface area contributed by atoms with Crippen molar-refractivity contribution in [2.24, 2.45) is 10.2 Å². The van der Waals surface area contributed by atoms with Crippen molar-refractivity contribution in [2.45, 2.75) is 24.0 Å². The van der Waals surface area contributed by atoms with Gasteiger partial charge in [-0.15, -0.1) is 16.9 Å². The molecule has 2 aromatic rings. The smallest absolute Gasteiger partial charge is 0.0992 e. The molecule has 92 valence electrons. The normalized spacial score (nSPS) is 11.3. The SMILES string of the molecule is CC(C)Sc1ccccc1N=Nc1ccccc1. The first-order chi connectivity index (χ1) is 8.75. The number of hydrogen-bond acceptors (Lipinski definition) is 3. The van der Waals surface area contributed by atoms with Crippen molar-refractivity contribution < 1.29 is 0 Å². The van der Waals surface area contributed by atoms with Crippen LogP contribution < -0.4 is 0 Å². The Hall–Kier alpha value is -1.61. The summed E-state index contributed by atoms with van der Waals surface area (Å²) in [5.41, 5.74) is 1.81. The van der Waals surface area contributed by atoms with Crippen molar-refractivity contribution in [3.63, 3.8) is 0 Å². The van der Waals surface area contributed by atoms with Crippen molar-refractivity contribution in [3.05, 3.63) is 54.6 Å². The van der Waals surface area contributed by atoms with Crippen LogP contribution in [0.1, 0.15) is 13.8 Å². The fourth-order valence-corrected chi connectivity index (χ4v) is 2.39. The molecule has 3 heteroatoms. The maximum atomic E-state index is 4.33. The molecule has 0 N–H and O–H groups in total. The second-order valence-electron chi connectivity index (χ2n) is 4.17. The van der Waals surface area contributed by atoms with Gasteiger partial charge in [-0.3, -0.25) is 0 Å². The minimum absolute atomic E-state index is 0.540. The van der Waals surface area contributed by atoms with Crippen LogP contribution >= 0.6 is 11.8 Å². The first-order valence-corrected chi connectivity index (χ1v) is 6.86. The lowest BCUT2D eigenvalue weighted by atomic mass is 10.3. The van der Waals surface area contributed by atoms with Crippen LogP contribution in [0.25, 0.3) is 0 Å². The van der Waals surface area contributed by atoms with Gasteiger partial charge in [-0.05, 0) is 24.3 Å². The number of benzene rings is 2. The van der Waals surface area contributed by atoms with E-state index in [-0.39, 0.29) is 0 Å². The van der Waals surface area contributed by atoms with Gasteiger partial charge in [0.15, 0.2) is 0 Å². The zero-order chi connectivity index (χ0) is 12.8. The monoisotopic (exact) mass is 256 g/mol. The molecule has 0 aromatic heterocycles. The Kier molecular flexibility index (Phi) is 4.53. The van der Waals surface area contributed by atoms with Crippen LogP contribution in [0.4, 0.5) is 11.4 Å². The molecule has 0 heterocycles. The molecule has 0 saturated carbocycles. The Labute approximate surface area is 112 Å². The minimum Gasteiger partial charge on any atom is -0.151 e. The molecule has 0 bridgehead atoms. The molecule has 0 aliphatic carbocycles. The van der Waals surface area contributed by atoms with Gasteiger partial charge in [0.2, 0.25) is 0 Å². The van der Waals surface area contributed by atoms with E-state index >= 15 is 0 Å². The molecule has 2 nitrogen and oxygen atoms in total. The van der Waals surface area contributed by atoms with Gasteiger partial charge in [0.25, 0.3) is 0 Å². The van der Waals surface area contributed by atoms with Gasteiger partial charge < -0.3 is 0 Å². The summed E-state index contributed by atoms with van der Waals surface area (Å²) in [4.78, 5) is 1.17. The van der Waals surface area contributed by atoms with E-state index < -0.39 is 0 Å². The second-order valence-corrected chi connectivity index (χ2v) is 5.79. The van der Waals surface area contributed by atoms with Gasteiger partial charge in [0.05, 0.1) is 11.4 Å². The molecule has 0 aliphatic heterocycles. The molecule has 0 atom stereocenters.